The highest BCUT2D eigenvalue weighted by Crippen LogP contribution is 2.25. The third-order valence-electron chi connectivity index (χ3n) is 3.51. The molecule has 1 aliphatic rings. The summed E-state index contributed by atoms with van der Waals surface area (Å²) in [4.78, 5) is 0. The van der Waals surface area contributed by atoms with Gasteiger partial charge in [0.05, 0.1) is 10.9 Å². The van der Waals surface area contributed by atoms with Gasteiger partial charge in [-0.3, -0.25) is 4.31 Å². The lowest BCUT2D eigenvalue weighted by Gasteiger charge is -2.31. The minimum absolute atomic E-state index is 0.353. The summed E-state index contributed by atoms with van der Waals surface area (Å²) in [5.74, 6) is 0. The molecular weight excluding hydrogens is 276 g/mol. The van der Waals surface area contributed by atoms with Gasteiger partial charge in [0.1, 0.15) is 0 Å². The number of nitrogens with two attached hydrogens (primary N) is 1. The first-order valence-electron chi connectivity index (χ1n) is 7.00. The lowest BCUT2D eigenvalue weighted by atomic mass is 10.2. The van der Waals surface area contributed by atoms with E-state index in [0.29, 0.717) is 51.3 Å². The van der Waals surface area contributed by atoms with Crippen molar-refractivity contribution in [3.8, 4) is 0 Å². The molecule has 1 aromatic carbocycles. The summed E-state index contributed by atoms with van der Waals surface area (Å²) in [6.45, 7) is 1.94. The van der Waals surface area contributed by atoms with E-state index in [-0.39, 0.29) is 5.25 Å². The Kier molecular flexibility index (Phi) is 5.39. The molecule has 0 amide bonds. The largest absolute Gasteiger partial charge is 0.381 e. The Morgan fingerprint density at radius 3 is 2.45 bits per heavy atom. The van der Waals surface area contributed by atoms with Gasteiger partial charge >= 0.3 is 0 Å². The first-order chi connectivity index (χ1) is 9.66. The van der Waals surface area contributed by atoms with E-state index in [1.807, 2.05) is 30.3 Å². The normalized spacial score (nSPS) is 17.1. The first-order valence-corrected chi connectivity index (χ1v) is 8.51. The van der Waals surface area contributed by atoms with Crippen molar-refractivity contribution in [2.75, 3.05) is 30.6 Å². The molecule has 0 bridgehead atoms. The Morgan fingerprint density at radius 2 is 1.85 bits per heavy atom. The molecule has 0 unspecified atom stereocenters. The van der Waals surface area contributed by atoms with Gasteiger partial charge in [-0.15, -0.1) is 0 Å². The van der Waals surface area contributed by atoms with E-state index in [1.165, 1.54) is 4.31 Å². The number of sulfonamides is 1. The average Bonchev–Trinajstić information content (AvgIpc) is 2.49. The van der Waals surface area contributed by atoms with E-state index in [4.69, 9.17) is 10.5 Å². The summed E-state index contributed by atoms with van der Waals surface area (Å²) < 4.78 is 32.4. The summed E-state index contributed by atoms with van der Waals surface area (Å²) in [5.41, 5.74) is 6.25. The maximum atomic E-state index is 12.8. The second kappa shape index (κ2) is 7.06. The molecule has 20 heavy (non-hydrogen) atoms. The van der Waals surface area contributed by atoms with Crippen LogP contribution >= 0.6 is 0 Å². The molecule has 6 heteroatoms. The van der Waals surface area contributed by atoms with Gasteiger partial charge in [0.2, 0.25) is 10.0 Å². The molecule has 0 aromatic heterocycles. The molecule has 112 valence electrons. The summed E-state index contributed by atoms with van der Waals surface area (Å²) >= 11 is 0. The number of anilines is 1. The van der Waals surface area contributed by atoms with Crippen molar-refractivity contribution in [2.45, 2.75) is 24.5 Å². The lowest BCUT2D eigenvalue weighted by Crippen LogP contribution is -2.42. The van der Waals surface area contributed by atoms with Crippen molar-refractivity contribution in [2.24, 2.45) is 5.73 Å². The van der Waals surface area contributed by atoms with Crippen LogP contribution in [-0.2, 0) is 14.8 Å². The maximum absolute atomic E-state index is 12.8. The Hall–Kier alpha value is -1.11. The van der Waals surface area contributed by atoms with Gasteiger partial charge in [-0.2, -0.15) is 0 Å². The number of para-hydroxylation sites is 1. The Labute approximate surface area is 120 Å². The van der Waals surface area contributed by atoms with Gasteiger partial charge < -0.3 is 10.5 Å². The van der Waals surface area contributed by atoms with Gasteiger partial charge in [0.15, 0.2) is 0 Å². The van der Waals surface area contributed by atoms with E-state index < -0.39 is 10.0 Å². The summed E-state index contributed by atoms with van der Waals surface area (Å²) in [6.07, 6.45) is 1.78. The number of nitrogens with zero attached hydrogens (tertiary/aromatic N) is 1. The van der Waals surface area contributed by atoms with E-state index in [0.717, 1.165) is 0 Å². The zero-order chi connectivity index (χ0) is 14.4. The highest BCUT2D eigenvalue weighted by Gasteiger charge is 2.33. The molecule has 0 saturated carbocycles. The summed E-state index contributed by atoms with van der Waals surface area (Å²) in [6, 6.07) is 9.24. The van der Waals surface area contributed by atoms with Crippen LogP contribution in [0.2, 0.25) is 0 Å². The van der Waals surface area contributed by atoms with E-state index >= 15 is 0 Å². The van der Waals surface area contributed by atoms with Crippen molar-refractivity contribution in [3.05, 3.63) is 30.3 Å². The molecule has 0 radical (unpaired) electrons. The molecule has 2 N–H and O–H groups in total. The van der Waals surface area contributed by atoms with Crippen molar-refractivity contribution >= 4 is 15.7 Å². The highest BCUT2D eigenvalue weighted by molar-refractivity contribution is 7.93. The van der Waals surface area contributed by atoms with Crippen LogP contribution in [0.5, 0.6) is 0 Å². The zero-order valence-corrected chi connectivity index (χ0v) is 12.4. The fourth-order valence-corrected chi connectivity index (χ4v) is 4.33. The Balaban J connectivity index is 2.25. The van der Waals surface area contributed by atoms with Crippen molar-refractivity contribution in [1.82, 2.24) is 0 Å². The molecule has 2 rings (SSSR count). The van der Waals surface area contributed by atoms with E-state index in [1.54, 1.807) is 0 Å². The molecule has 1 fully saturated rings. The third kappa shape index (κ3) is 3.50. The van der Waals surface area contributed by atoms with Crippen LogP contribution in [0.1, 0.15) is 19.3 Å². The second-order valence-electron chi connectivity index (χ2n) is 4.91. The lowest BCUT2D eigenvalue weighted by molar-refractivity contribution is 0.0983. The maximum Gasteiger partial charge on any atom is 0.238 e. The van der Waals surface area contributed by atoms with Crippen molar-refractivity contribution in [1.29, 1.82) is 0 Å². The minimum atomic E-state index is -3.35. The number of hydrogen-bond acceptors (Lipinski definition) is 4. The third-order valence-corrected chi connectivity index (χ3v) is 5.83. The van der Waals surface area contributed by atoms with Gasteiger partial charge in [-0.05, 0) is 37.9 Å². The SMILES string of the molecule is NCCCN(c1ccccc1)S(=O)(=O)C1CCOCC1. The van der Waals surface area contributed by atoms with Crippen LogP contribution in [0.25, 0.3) is 0 Å². The predicted molar refractivity (Wildman–Crippen MR) is 80.2 cm³/mol. The summed E-state index contributed by atoms with van der Waals surface area (Å²) in [5, 5.41) is -0.353. The van der Waals surface area contributed by atoms with Gasteiger partial charge in [0.25, 0.3) is 0 Å². The van der Waals surface area contributed by atoms with Crippen LogP contribution in [0.4, 0.5) is 5.69 Å². The molecule has 1 saturated heterocycles. The summed E-state index contributed by atoms with van der Waals surface area (Å²) in [7, 11) is -3.35. The fraction of sp³-hybridized carbons (Fsp3) is 0.571. The van der Waals surface area contributed by atoms with Crippen LogP contribution in [-0.4, -0.2) is 40.0 Å². The molecule has 1 aromatic rings. The molecule has 1 heterocycles. The topological polar surface area (TPSA) is 72.6 Å². The van der Waals surface area contributed by atoms with Crippen LogP contribution < -0.4 is 10.0 Å². The second-order valence-corrected chi connectivity index (χ2v) is 7.04. The smallest absolute Gasteiger partial charge is 0.238 e. The average molecular weight is 298 g/mol. The Morgan fingerprint density at radius 1 is 1.20 bits per heavy atom. The predicted octanol–water partition coefficient (Wildman–Crippen LogP) is 1.35. The zero-order valence-electron chi connectivity index (χ0n) is 11.6. The Bertz CT molecular complexity index is 498. The molecule has 0 atom stereocenters. The molecule has 0 aliphatic carbocycles. The first kappa shape index (κ1) is 15.3. The number of hydrogen-bond donors (Lipinski definition) is 1. The highest BCUT2D eigenvalue weighted by atomic mass is 32.2. The van der Waals surface area contributed by atoms with Crippen LogP contribution in [0, 0.1) is 0 Å². The van der Waals surface area contributed by atoms with Gasteiger partial charge in [-0.1, -0.05) is 18.2 Å². The van der Waals surface area contributed by atoms with Crippen molar-refractivity contribution < 1.29 is 13.2 Å². The quantitative estimate of drug-likeness (QED) is 0.860. The number of benzene rings is 1. The fourth-order valence-electron chi connectivity index (χ4n) is 2.39. The van der Waals surface area contributed by atoms with Crippen molar-refractivity contribution in [3.63, 3.8) is 0 Å². The number of ether oxygens (including phenoxy) is 1. The van der Waals surface area contributed by atoms with Gasteiger partial charge in [-0.25, -0.2) is 8.42 Å². The van der Waals surface area contributed by atoms with Crippen LogP contribution in [0.3, 0.4) is 0 Å². The molecular formula is C14H22N2O3S. The van der Waals surface area contributed by atoms with E-state index in [2.05, 4.69) is 0 Å². The minimum Gasteiger partial charge on any atom is -0.381 e. The number of rotatable bonds is 6. The van der Waals surface area contributed by atoms with E-state index in [9.17, 15) is 8.42 Å². The van der Waals surface area contributed by atoms with Crippen LogP contribution in [0.15, 0.2) is 30.3 Å². The molecule has 1 aliphatic heterocycles. The monoisotopic (exact) mass is 298 g/mol. The van der Waals surface area contributed by atoms with Gasteiger partial charge in [0, 0.05) is 19.8 Å². The standard InChI is InChI=1S/C14H22N2O3S/c15-9-4-10-16(13-5-2-1-3-6-13)20(17,18)14-7-11-19-12-8-14/h1-3,5-6,14H,4,7-12,15H2. The molecule has 5 nitrogen and oxygen atoms in total. The molecule has 0 spiro atoms.